The molecule has 184 valence electrons. The predicted molar refractivity (Wildman–Crippen MR) is 135 cm³/mol. The fourth-order valence-electron chi connectivity index (χ4n) is 7.92. The fraction of sp³-hybridized carbons (Fsp3) is 0.552. The van der Waals surface area contributed by atoms with E-state index < -0.39 is 0 Å². The molecule has 6 nitrogen and oxygen atoms in total. The predicted octanol–water partition coefficient (Wildman–Crippen LogP) is 3.96. The molecule has 2 bridgehead atoms. The Morgan fingerprint density at radius 1 is 1.20 bits per heavy atom. The standard InChI is InChI=1S/C29H35N3O3/c1-17(33)31-23-14-25(34)27-26-20(23)13-24-21-9-10-22(30-15-18-5-3-2-4-6-18)28(35-27)29(21,26)11-12-32(24)16-19-7-8-19/h2-6,14,19,21-22,24,28,30,34H,7-13,15-16H2,1H3,(H,31,33)/t21-,22-,24+,28-,29-/m0/s1. The van der Waals surface area contributed by atoms with Crippen LogP contribution in [0.15, 0.2) is 36.4 Å². The molecule has 6 heteroatoms. The summed E-state index contributed by atoms with van der Waals surface area (Å²) in [4.78, 5) is 14.8. The molecule has 3 fully saturated rings. The first kappa shape index (κ1) is 21.7. The van der Waals surface area contributed by atoms with Crippen LogP contribution in [0.4, 0.5) is 5.69 Å². The van der Waals surface area contributed by atoms with E-state index in [1.165, 1.54) is 42.5 Å². The van der Waals surface area contributed by atoms with E-state index in [1.54, 1.807) is 13.0 Å². The SMILES string of the molecule is CC(=O)Nc1cc(O)c2c3c1C[C@@H]1[C@@H]4CC[C@H](NCc5ccccc5)[C@H](O2)[C@]34CCN1CC1CC1. The van der Waals surface area contributed by atoms with Gasteiger partial charge in [-0.15, -0.1) is 0 Å². The summed E-state index contributed by atoms with van der Waals surface area (Å²) in [5, 5.41) is 17.9. The van der Waals surface area contributed by atoms with Gasteiger partial charge in [-0.05, 0) is 68.0 Å². The molecule has 2 heterocycles. The number of nitrogens with zero attached hydrogens (tertiary/aromatic N) is 1. The molecule has 2 saturated carbocycles. The van der Waals surface area contributed by atoms with Crippen molar-refractivity contribution >= 4 is 11.6 Å². The highest BCUT2D eigenvalue weighted by molar-refractivity contribution is 5.91. The number of nitrogens with one attached hydrogen (secondary N) is 2. The van der Waals surface area contributed by atoms with Crippen molar-refractivity contribution in [3.63, 3.8) is 0 Å². The largest absolute Gasteiger partial charge is 0.504 e. The van der Waals surface area contributed by atoms with Gasteiger partial charge in [-0.1, -0.05) is 30.3 Å². The van der Waals surface area contributed by atoms with Gasteiger partial charge in [0.1, 0.15) is 6.10 Å². The van der Waals surface area contributed by atoms with Gasteiger partial charge in [0.05, 0.1) is 0 Å². The minimum atomic E-state index is -0.105. The molecule has 3 aliphatic carbocycles. The van der Waals surface area contributed by atoms with Gasteiger partial charge in [-0.3, -0.25) is 9.69 Å². The zero-order chi connectivity index (χ0) is 23.7. The number of benzene rings is 2. The normalized spacial score (nSPS) is 32.6. The van der Waals surface area contributed by atoms with Crippen LogP contribution < -0.4 is 15.4 Å². The summed E-state index contributed by atoms with van der Waals surface area (Å²) in [7, 11) is 0. The number of hydrogen-bond donors (Lipinski definition) is 3. The van der Waals surface area contributed by atoms with Gasteiger partial charge in [0.15, 0.2) is 11.5 Å². The second-order valence-electron chi connectivity index (χ2n) is 11.5. The van der Waals surface area contributed by atoms with E-state index >= 15 is 0 Å². The van der Waals surface area contributed by atoms with E-state index in [-0.39, 0.29) is 29.2 Å². The Labute approximate surface area is 207 Å². The monoisotopic (exact) mass is 473 g/mol. The molecule has 2 aromatic rings. The highest BCUT2D eigenvalue weighted by Gasteiger charge is 2.66. The zero-order valence-electron chi connectivity index (χ0n) is 20.4. The number of piperidine rings is 1. The highest BCUT2D eigenvalue weighted by atomic mass is 16.5. The maximum atomic E-state index is 12.1. The lowest BCUT2D eigenvalue weighted by Crippen LogP contribution is -2.68. The molecule has 5 aliphatic rings. The van der Waals surface area contributed by atoms with Crippen LogP contribution in [-0.2, 0) is 23.2 Å². The Balaban J connectivity index is 1.30. The average molecular weight is 474 g/mol. The summed E-state index contributed by atoms with van der Waals surface area (Å²) in [6.07, 6.45) is 6.96. The topological polar surface area (TPSA) is 73.8 Å². The first-order chi connectivity index (χ1) is 17.0. The third-order valence-electron chi connectivity index (χ3n) is 9.47. The molecule has 2 aliphatic heterocycles. The van der Waals surface area contributed by atoms with Crippen molar-refractivity contribution in [3.05, 3.63) is 53.1 Å². The van der Waals surface area contributed by atoms with Gasteiger partial charge in [-0.25, -0.2) is 0 Å². The number of likely N-dealkylation sites (tertiary alicyclic amines) is 1. The Morgan fingerprint density at radius 3 is 2.80 bits per heavy atom. The maximum Gasteiger partial charge on any atom is 0.221 e. The van der Waals surface area contributed by atoms with Crippen molar-refractivity contribution in [1.82, 2.24) is 10.2 Å². The Morgan fingerprint density at radius 2 is 2.03 bits per heavy atom. The maximum absolute atomic E-state index is 12.1. The van der Waals surface area contributed by atoms with E-state index in [4.69, 9.17) is 4.74 Å². The minimum Gasteiger partial charge on any atom is -0.504 e. The molecular weight excluding hydrogens is 438 g/mol. The van der Waals surface area contributed by atoms with Gasteiger partial charge in [0, 0.05) is 54.8 Å². The van der Waals surface area contributed by atoms with Crippen LogP contribution in [0.2, 0.25) is 0 Å². The third-order valence-corrected chi connectivity index (χ3v) is 9.47. The number of phenolic OH excluding ortho intramolecular Hbond substituents is 1. The number of carbonyl (C=O) groups excluding carboxylic acids is 1. The Hall–Kier alpha value is -2.57. The minimum absolute atomic E-state index is 0.00284. The van der Waals surface area contributed by atoms with Gasteiger partial charge < -0.3 is 20.5 Å². The van der Waals surface area contributed by atoms with Gasteiger partial charge >= 0.3 is 0 Å². The smallest absolute Gasteiger partial charge is 0.221 e. The highest BCUT2D eigenvalue weighted by Crippen LogP contribution is 2.65. The van der Waals surface area contributed by atoms with Gasteiger partial charge in [0.2, 0.25) is 5.91 Å². The van der Waals surface area contributed by atoms with E-state index in [9.17, 15) is 9.90 Å². The number of amides is 1. The molecule has 0 unspecified atom stereocenters. The number of rotatable bonds is 6. The van der Waals surface area contributed by atoms with Crippen LogP contribution in [-0.4, -0.2) is 47.2 Å². The number of ether oxygens (including phenoxy) is 1. The molecule has 0 aromatic heterocycles. The first-order valence-corrected chi connectivity index (χ1v) is 13.4. The number of carbonyl (C=O) groups is 1. The molecule has 3 N–H and O–H groups in total. The second kappa shape index (κ2) is 7.97. The van der Waals surface area contributed by atoms with Crippen molar-refractivity contribution < 1.29 is 14.6 Å². The molecule has 0 radical (unpaired) electrons. The van der Waals surface area contributed by atoms with Crippen molar-refractivity contribution in [2.24, 2.45) is 11.8 Å². The summed E-state index contributed by atoms with van der Waals surface area (Å²) in [6.45, 7) is 4.65. The van der Waals surface area contributed by atoms with E-state index in [2.05, 4.69) is 45.9 Å². The number of hydrogen-bond acceptors (Lipinski definition) is 5. The number of aromatic hydroxyl groups is 1. The lowest BCUT2D eigenvalue weighted by molar-refractivity contribution is -0.114. The van der Waals surface area contributed by atoms with Crippen LogP contribution in [0, 0.1) is 11.8 Å². The fourth-order valence-corrected chi connectivity index (χ4v) is 7.92. The van der Waals surface area contributed by atoms with Crippen LogP contribution in [0.5, 0.6) is 11.5 Å². The molecule has 1 spiro atoms. The summed E-state index contributed by atoms with van der Waals surface area (Å²) < 4.78 is 6.76. The second-order valence-corrected chi connectivity index (χ2v) is 11.5. The summed E-state index contributed by atoms with van der Waals surface area (Å²) >= 11 is 0. The summed E-state index contributed by atoms with van der Waals surface area (Å²) in [6, 6.07) is 13.0. The summed E-state index contributed by atoms with van der Waals surface area (Å²) in [5.74, 6) is 2.12. The number of anilines is 1. The Bertz CT molecular complexity index is 1160. The van der Waals surface area contributed by atoms with Gasteiger partial charge in [-0.2, -0.15) is 0 Å². The average Bonchev–Trinajstić information content (AvgIpc) is 3.60. The van der Waals surface area contributed by atoms with E-state index in [0.717, 1.165) is 44.0 Å². The van der Waals surface area contributed by atoms with Crippen molar-refractivity contribution in [1.29, 1.82) is 0 Å². The van der Waals surface area contributed by atoms with Crippen molar-refractivity contribution in [3.8, 4) is 11.5 Å². The lowest BCUT2D eigenvalue weighted by atomic mass is 9.51. The molecular formula is C29H35N3O3. The van der Waals surface area contributed by atoms with E-state index in [0.29, 0.717) is 17.7 Å². The van der Waals surface area contributed by atoms with E-state index in [1.807, 2.05) is 0 Å². The first-order valence-electron chi connectivity index (χ1n) is 13.4. The Kier molecular flexibility index (Phi) is 4.94. The van der Waals surface area contributed by atoms with Crippen LogP contribution in [0.1, 0.15) is 55.7 Å². The van der Waals surface area contributed by atoms with Crippen molar-refractivity contribution in [2.75, 3.05) is 18.4 Å². The van der Waals surface area contributed by atoms with Crippen LogP contribution >= 0.6 is 0 Å². The molecule has 7 rings (SSSR count). The lowest BCUT2D eigenvalue weighted by Gasteiger charge is -2.60. The molecule has 35 heavy (non-hydrogen) atoms. The van der Waals surface area contributed by atoms with Crippen LogP contribution in [0.25, 0.3) is 0 Å². The molecule has 2 aromatic carbocycles. The van der Waals surface area contributed by atoms with Crippen molar-refractivity contribution in [2.45, 2.75) is 75.6 Å². The number of phenols is 1. The molecule has 1 amide bonds. The van der Waals surface area contributed by atoms with Gasteiger partial charge in [0.25, 0.3) is 0 Å². The zero-order valence-corrected chi connectivity index (χ0v) is 20.4. The third kappa shape index (κ3) is 3.33. The quantitative estimate of drug-likeness (QED) is 0.592. The molecule has 1 saturated heterocycles. The summed E-state index contributed by atoms with van der Waals surface area (Å²) in [5.41, 5.74) is 4.34. The molecule has 5 atom stereocenters. The van der Waals surface area contributed by atoms with Crippen LogP contribution in [0.3, 0.4) is 0 Å².